The van der Waals surface area contributed by atoms with E-state index in [1.54, 1.807) is 0 Å². The molecule has 0 spiro atoms. The topological polar surface area (TPSA) is 17.1 Å². The van der Waals surface area contributed by atoms with E-state index in [9.17, 15) is 4.79 Å². The maximum absolute atomic E-state index is 12.7. The van der Waals surface area contributed by atoms with Crippen LogP contribution in [0.1, 0.15) is 60.4 Å². The van der Waals surface area contributed by atoms with Crippen molar-refractivity contribution >= 4 is 11.4 Å². The molecule has 1 heteroatoms. The standard InChI is InChI=1S/C39H28O/c1-28-4-20-35(21-5-28)30(3)36-24-16-33(17-25-36)14-12-31-8-10-32(11-9-31)13-15-34-18-26-38(27-19-34)39(40)37-22-6-29(2)7-23-37/h4-11,16-27H,3H2,1-2H3. The van der Waals surface area contributed by atoms with Crippen molar-refractivity contribution in [2.24, 2.45) is 0 Å². The van der Waals surface area contributed by atoms with Crippen LogP contribution in [0.4, 0.5) is 0 Å². The molecule has 0 saturated carbocycles. The van der Waals surface area contributed by atoms with Gasteiger partial charge in [0.15, 0.2) is 5.78 Å². The third kappa shape index (κ3) is 6.54. The van der Waals surface area contributed by atoms with Gasteiger partial charge in [-0.15, -0.1) is 0 Å². The maximum Gasteiger partial charge on any atom is 0.193 e. The molecule has 190 valence electrons. The first-order valence-electron chi connectivity index (χ1n) is 13.2. The zero-order valence-electron chi connectivity index (χ0n) is 22.7. The molecule has 0 aliphatic rings. The van der Waals surface area contributed by atoms with E-state index >= 15 is 0 Å². The van der Waals surface area contributed by atoms with Gasteiger partial charge in [-0.3, -0.25) is 4.79 Å². The average molecular weight is 513 g/mol. The van der Waals surface area contributed by atoms with Crippen molar-refractivity contribution in [1.82, 2.24) is 0 Å². The summed E-state index contributed by atoms with van der Waals surface area (Å²) in [5, 5.41) is 0. The largest absolute Gasteiger partial charge is 0.289 e. The minimum absolute atomic E-state index is 0.0138. The van der Waals surface area contributed by atoms with E-state index < -0.39 is 0 Å². The fourth-order valence-electron chi connectivity index (χ4n) is 4.18. The summed E-state index contributed by atoms with van der Waals surface area (Å²) >= 11 is 0. The van der Waals surface area contributed by atoms with Crippen LogP contribution in [0, 0.1) is 37.5 Å². The van der Waals surface area contributed by atoms with Gasteiger partial charge in [0.1, 0.15) is 0 Å². The molecule has 0 amide bonds. The van der Waals surface area contributed by atoms with Crippen molar-refractivity contribution in [3.63, 3.8) is 0 Å². The van der Waals surface area contributed by atoms with Crippen LogP contribution in [-0.4, -0.2) is 5.78 Å². The van der Waals surface area contributed by atoms with Crippen LogP contribution in [0.15, 0.2) is 128 Å². The van der Waals surface area contributed by atoms with Crippen LogP contribution in [-0.2, 0) is 0 Å². The summed E-state index contributed by atoms with van der Waals surface area (Å²) in [5.74, 6) is 12.8. The molecule has 0 aliphatic carbocycles. The van der Waals surface area contributed by atoms with E-state index in [2.05, 4.69) is 73.6 Å². The average Bonchev–Trinajstić information content (AvgIpc) is 3.00. The van der Waals surface area contributed by atoms with Crippen LogP contribution in [0.2, 0.25) is 0 Å². The lowest BCUT2D eigenvalue weighted by molar-refractivity contribution is 0.103. The van der Waals surface area contributed by atoms with Gasteiger partial charge in [-0.05, 0) is 91.2 Å². The number of carbonyl (C=O) groups excluding carboxylic acids is 1. The van der Waals surface area contributed by atoms with Crippen LogP contribution in [0.25, 0.3) is 5.57 Å². The van der Waals surface area contributed by atoms with Gasteiger partial charge in [-0.25, -0.2) is 0 Å². The van der Waals surface area contributed by atoms with Gasteiger partial charge in [0, 0.05) is 33.4 Å². The van der Waals surface area contributed by atoms with Gasteiger partial charge >= 0.3 is 0 Å². The molecular weight excluding hydrogens is 484 g/mol. The first-order chi connectivity index (χ1) is 19.4. The number of carbonyl (C=O) groups is 1. The fourth-order valence-corrected chi connectivity index (χ4v) is 4.18. The Balaban J connectivity index is 1.20. The lowest BCUT2D eigenvalue weighted by Gasteiger charge is -2.07. The summed E-state index contributed by atoms with van der Waals surface area (Å²) < 4.78 is 0. The molecule has 40 heavy (non-hydrogen) atoms. The zero-order chi connectivity index (χ0) is 27.9. The second kappa shape index (κ2) is 12.0. The highest BCUT2D eigenvalue weighted by molar-refractivity contribution is 6.09. The number of aryl methyl sites for hydroxylation is 2. The lowest BCUT2D eigenvalue weighted by Crippen LogP contribution is -2.00. The Kier molecular flexibility index (Phi) is 7.87. The normalized spacial score (nSPS) is 10.1. The molecule has 5 rings (SSSR count). The molecule has 0 atom stereocenters. The van der Waals surface area contributed by atoms with Gasteiger partial charge in [-0.2, -0.15) is 0 Å². The number of ketones is 1. The van der Waals surface area contributed by atoms with Gasteiger partial charge in [0.05, 0.1) is 0 Å². The highest BCUT2D eigenvalue weighted by Crippen LogP contribution is 2.22. The molecule has 1 nitrogen and oxygen atoms in total. The summed E-state index contributed by atoms with van der Waals surface area (Å²) in [6.07, 6.45) is 0. The molecule has 0 N–H and O–H groups in total. The summed E-state index contributed by atoms with van der Waals surface area (Å²) in [6, 6.07) is 39.6. The fraction of sp³-hybridized carbons (Fsp3) is 0.0513. The van der Waals surface area contributed by atoms with Crippen LogP contribution in [0.5, 0.6) is 0 Å². The Morgan fingerprint density at radius 1 is 0.425 bits per heavy atom. The van der Waals surface area contributed by atoms with Gasteiger partial charge < -0.3 is 0 Å². The first kappa shape index (κ1) is 26.2. The molecule has 0 aliphatic heterocycles. The maximum atomic E-state index is 12.7. The smallest absolute Gasteiger partial charge is 0.193 e. The summed E-state index contributed by atoms with van der Waals surface area (Å²) in [5.41, 5.74) is 10.6. The third-order valence-electron chi connectivity index (χ3n) is 6.68. The van der Waals surface area contributed by atoms with E-state index in [0.717, 1.165) is 44.5 Å². The summed E-state index contributed by atoms with van der Waals surface area (Å²) in [4.78, 5) is 12.7. The molecule has 0 heterocycles. The van der Waals surface area contributed by atoms with Crippen molar-refractivity contribution in [2.45, 2.75) is 13.8 Å². The van der Waals surface area contributed by atoms with Crippen LogP contribution >= 0.6 is 0 Å². The van der Waals surface area contributed by atoms with Crippen molar-refractivity contribution < 1.29 is 4.79 Å². The van der Waals surface area contributed by atoms with Crippen molar-refractivity contribution in [2.75, 3.05) is 0 Å². The van der Waals surface area contributed by atoms with E-state index in [1.807, 2.05) is 91.9 Å². The molecule has 0 unspecified atom stereocenters. The van der Waals surface area contributed by atoms with Gasteiger partial charge in [0.2, 0.25) is 0 Å². The Hall–Kier alpha value is -5.37. The molecule has 5 aromatic rings. The minimum atomic E-state index is 0.0138. The quantitative estimate of drug-likeness (QED) is 0.175. The highest BCUT2D eigenvalue weighted by Gasteiger charge is 2.08. The number of rotatable bonds is 4. The molecule has 0 bridgehead atoms. The number of hydrogen-bond donors (Lipinski definition) is 0. The van der Waals surface area contributed by atoms with E-state index in [-0.39, 0.29) is 5.78 Å². The number of benzene rings is 5. The Bertz CT molecular complexity index is 1640. The molecule has 0 saturated heterocycles. The second-order valence-electron chi connectivity index (χ2n) is 9.77. The van der Waals surface area contributed by atoms with Crippen molar-refractivity contribution in [3.05, 3.63) is 184 Å². The predicted molar refractivity (Wildman–Crippen MR) is 165 cm³/mol. The van der Waals surface area contributed by atoms with E-state index in [0.29, 0.717) is 11.1 Å². The number of hydrogen-bond acceptors (Lipinski definition) is 1. The Morgan fingerprint density at radius 2 is 0.675 bits per heavy atom. The van der Waals surface area contributed by atoms with Crippen molar-refractivity contribution in [1.29, 1.82) is 0 Å². The summed E-state index contributed by atoms with van der Waals surface area (Å²) in [7, 11) is 0. The highest BCUT2D eigenvalue weighted by atomic mass is 16.1. The van der Waals surface area contributed by atoms with E-state index in [4.69, 9.17) is 0 Å². The summed E-state index contributed by atoms with van der Waals surface area (Å²) in [6.45, 7) is 8.35. The second-order valence-corrected chi connectivity index (χ2v) is 9.77. The molecular formula is C39H28O. The zero-order valence-corrected chi connectivity index (χ0v) is 22.7. The molecule has 0 radical (unpaired) electrons. The van der Waals surface area contributed by atoms with Crippen LogP contribution < -0.4 is 0 Å². The van der Waals surface area contributed by atoms with Gasteiger partial charge in [0.25, 0.3) is 0 Å². The Morgan fingerprint density at radius 3 is 1.02 bits per heavy atom. The minimum Gasteiger partial charge on any atom is -0.289 e. The van der Waals surface area contributed by atoms with Gasteiger partial charge in [-0.1, -0.05) is 102 Å². The monoisotopic (exact) mass is 512 g/mol. The van der Waals surface area contributed by atoms with Crippen molar-refractivity contribution in [3.8, 4) is 23.7 Å². The van der Waals surface area contributed by atoms with Crippen LogP contribution in [0.3, 0.4) is 0 Å². The molecule has 5 aromatic carbocycles. The predicted octanol–water partition coefficient (Wildman–Crippen LogP) is 8.40. The Labute approximate surface area is 236 Å². The van der Waals surface area contributed by atoms with E-state index in [1.165, 1.54) is 5.56 Å². The molecule has 0 aromatic heterocycles. The SMILES string of the molecule is C=C(c1ccc(C)cc1)c1ccc(C#Cc2ccc(C#Cc3ccc(C(=O)c4ccc(C)cc4)cc3)cc2)cc1. The lowest BCUT2D eigenvalue weighted by atomic mass is 9.98. The third-order valence-corrected chi connectivity index (χ3v) is 6.68. The first-order valence-corrected chi connectivity index (χ1v) is 13.2. The molecule has 0 fully saturated rings.